The number of allylic oxidation sites excluding steroid dienone is 1. The van der Waals surface area contributed by atoms with Crippen molar-refractivity contribution in [3.63, 3.8) is 0 Å². The molecule has 1 atom stereocenters. The first-order valence-corrected chi connectivity index (χ1v) is 13.2. The molecule has 2 N–H and O–H groups in total. The van der Waals surface area contributed by atoms with E-state index in [0.717, 1.165) is 50.4 Å². The quantitative estimate of drug-likeness (QED) is 0.495. The van der Waals surface area contributed by atoms with Crippen molar-refractivity contribution in [2.45, 2.75) is 38.5 Å². The highest BCUT2D eigenvalue weighted by molar-refractivity contribution is 6.02. The van der Waals surface area contributed by atoms with Crippen molar-refractivity contribution in [3.8, 4) is 5.75 Å². The standard InChI is InChI=1S/C29H34N4O5/c1-20-6-11-25(28(35)31-20)33-18-24-23(29(33)36)4-2-5-26(24)38-19-21-7-9-22(10-8-21)27(34)30-12-3-13-32-14-16-37-17-15-32/h2,4-5,7-10,25H,1,3,6,11-19H2,(H,30,34)(H,31,35). The Bertz CT molecular complexity index is 1210. The van der Waals surface area contributed by atoms with Crippen molar-refractivity contribution >= 4 is 17.7 Å². The molecule has 3 heterocycles. The zero-order valence-corrected chi connectivity index (χ0v) is 21.5. The van der Waals surface area contributed by atoms with Crippen molar-refractivity contribution in [2.24, 2.45) is 0 Å². The summed E-state index contributed by atoms with van der Waals surface area (Å²) in [5, 5.41) is 5.75. The fourth-order valence-electron chi connectivity index (χ4n) is 5.12. The molecule has 3 aliphatic rings. The van der Waals surface area contributed by atoms with E-state index in [1.165, 1.54) is 0 Å². The van der Waals surface area contributed by atoms with Gasteiger partial charge in [-0.25, -0.2) is 0 Å². The van der Waals surface area contributed by atoms with Crippen LogP contribution in [0.5, 0.6) is 5.75 Å². The summed E-state index contributed by atoms with van der Waals surface area (Å²) in [6, 6.07) is 12.3. The van der Waals surface area contributed by atoms with Gasteiger partial charge in [-0.15, -0.1) is 0 Å². The number of nitrogens with zero attached hydrogens (tertiary/aromatic N) is 2. The zero-order valence-electron chi connectivity index (χ0n) is 21.5. The third-order valence-corrected chi connectivity index (χ3v) is 7.30. The van der Waals surface area contributed by atoms with Gasteiger partial charge in [0.1, 0.15) is 18.4 Å². The molecule has 38 heavy (non-hydrogen) atoms. The van der Waals surface area contributed by atoms with E-state index >= 15 is 0 Å². The first-order valence-electron chi connectivity index (χ1n) is 13.2. The van der Waals surface area contributed by atoms with Crippen LogP contribution in [-0.4, -0.2) is 73.0 Å². The lowest BCUT2D eigenvalue weighted by Crippen LogP contribution is -2.49. The first-order chi connectivity index (χ1) is 18.5. The Morgan fingerprint density at radius 2 is 1.92 bits per heavy atom. The Kier molecular flexibility index (Phi) is 8.05. The van der Waals surface area contributed by atoms with Crippen LogP contribution in [-0.2, 0) is 22.7 Å². The maximum atomic E-state index is 13.0. The van der Waals surface area contributed by atoms with Crippen LogP contribution in [0.15, 0.2) is 54.7 Å². The van der Waals surface area contributed by atoms with Gasteiger partial charge in [0.2, 0.25) is 5.91 Å². The van der Waals surface area contributed by atoms with E-state index in [9.17, 15) is 14.4 Å². The molecule has 5 rings (SSSR count). The van der Waals surface area contributed by atoms with Gasteiger partial charge in [0.15, 0.2) is 0 Å². The van der Waals surface area contributed by atoms with Gasteiger partial charge in [-0.1, -0.05) is 24.8 Å². The number of hydrogen-bond donors (Lipinski definition) is 2. The predicted octanol–water partition coefficient (Wildman–Crippen LogP) is 2.47. The van der Waals surface area contributed by atoms with Crippen molar-refractivity contribution in [3.05, 3.63) is 77.0 Å². The molecule has 0 aliphatic carbocycles. The third-order valence-electron chi connectivity index (χ3n) is 7.30. The Balaban J connectivity index is 1.13. The van der Waals surface area contributed by atoms with Crippen LogP contribution >= 0.6 is 0 Å². The molecule has 0 radical (unpaired) electrons. The number of rotatable bonds is 9. The van der Waals surface area contributed by atoms with E-state index < -0.39 is 6.04 Å². The van der Waals surface area contributed by atoms with Gasteiger partial charge in [0, 0.05) is 42.0 Å². The van der Waals surface area contributed by atoms with E-state index in [0.29, 0.717) is 55.1 Å². The summed E-state index contributed by atoms with van der Waals surface area (Å²) in [5.41, 5.74) is 3.57. The molecular formula is C29H34N4O5. The number of fused-ring (bicyclic) bond motifs is 1. The lowest BCUT2D eigenvalue weighted by atomic mass is 10.0. The maximum absolute atomic E-state index is 13.0. The average Bonchev–Trinajstić information content (AvgIpc) is 3.27. The molecular weight excluding hydrogens is 484 g/mol. The number of nitrogens with one attached hydrogen (secondary N) is 2. The molecule has 200 valence electrons. The molecule has 2 aromatic carbocycles. The fourth-order valence-corrected chi connectivity index (χ4v) is 5.12. The highest BCUT2D eigenvalue weighted by Crippen LogP contribution is 2.34. The van der Waals surface area contributed by atoms with E-state index in [1.54, 1.807) is 29.2 Å². The van der Waals surface area contributed by atoms with Gasteiger partial charge in [-0.2, -0.15) is 0 Å². The van der Waals surface area contributed by atoms with Crippen LogP contribution in [0.1, 0.15) is 51.1 Å². The van der Waals surface area contributed by atoms with Gasteiger partial charge in [-0.3, -0.25) is 19.3 Å². The Morgan fingerprint density at radius 3 is 2.68 bits per heavy atom. The molecule has 0 spiro atoms. The van der Waals surface area contributed by atoms with E-state index in [-0.39, 0.29) is 17.7 Å². The molecule has 3 amide bonds. The highest BCUT2D eigenvalue weighted by atomic mass is 16.5. The number of ether oxygens (including phenoxy) is 2. The second kappa shape index (κ2) is 11.8. The minimum atomic E-state index is -0.508. The number of carbonyl (C=O) groups excluding carboxylic acids is 3. The van der Waals surface area contributed by atoms with Crippen LogP contribution in [0.25, 0.3) is 0 Å². The molecule has 2 saturated heterocycles. The monoisotopic (exact) mass is 518 g/mol. The van der Waals surface area contributed by atoms with Crippen molar-refractivity contribution in [1.82, 2.24) is 20.4 Å². The van der Waals surface area contributed by atoms with Crippen LogP contribution in [0.2, 0.25) is 0 Å². The van der Waals surface area contributed by atoms with Crippen molar-refractivity contribution in [1.29, 1.82) is 0 Å². The Labute approximate surface area is 222 Å². The lowest BCUT2D eigenvalue weighted by molar-refractivity contribution is -0.126. The van der Waals surface area contributed by atoms with Crippen LogP contribution < -0.4 is 15.4 Å². The molecule has 1 unspecified atom stereocenters. The molecule has 0 aromatic heterocycles. The van der Waals surface area contributed by atoms with Crippen LogP contribution in [0, 0.1) is 0 Å². The van der Waals surface area contributed by atoms with Crippen molar-refractivity contribution in [2.75, 3.05) is 39.4 Å². The molecule has 3 aliphatic heterocycles. The lowest BCUT2D eigenvalue weighted by Gasteiger charge is -2.31. The molecule has 0 bridgehead atoms. The zero-order chi connectivity index (χ0) is 26.5. The number of morpholine rings is 1. The van der Waals surface area contributed by atoms with Gasteiger partial charge in [-0.05, 0) is 55.6 Å². The van der Waals surface area contributed by atoms with Gasteiger partial charge in [0.05, 0.1) is 19.8 Å². The molecule has 9 nitrogen and oxygen atoms in total. The number of hydrogen-bond acceptors (Lipinski definition) is 6. The predicted molar refractivity (Wildman–Crippen MR) is 142 cm³/mol. The molecule has 9 heteroatoms. The van der Waals surface area contributed by atoms with E-state index in [4.69, 9.17) is 9.47 Å². The fraction of sp³-hybridized carbons (Fsp3) is 0.414. The van der Waals surface area contributed by atoms with Gasteiger partial charge < -0.3 is 25.0 Å². The minimum absolute atomic E-state index is 0.0887. The summed E-state index contributed by atoms with van der Waals surface area (Å²) in [5.74, 6) is 0.194. The van der Waals surface area contributed by atoms with Crippen molar-refractivity contribution < 1.29 is 23.9 Å². The molecule has 0 saturated carbocycles. The van der Waals surface area contributed by atoms with Gasteiger partial charge in [0.25, 0.3) is 11.8 Å². The van der Waals surface area contributed by atoms with Crippen LogP contribution in [0.3, 0.4) is 0 Å². The van der Waals surface area contributed by atoms with Crippen LogP contribution in [0.4, 0.5) is 0 Å². The second-order valence-corrected chi connectivity index (χ2v) is 9.91. The van der Waals surface area contributed by atoms with E-state index in [1.807, 2.05) is 18.2 Å². The second-order valence-electron chi connectivity index (χ2n) is 9.91. The minimum Gasteiger partial charge on any atom is -0.489 e. The highest BCUT2D eigenvalue weighted by Gasteiger charge is 2.39. The smallest absolute Gasteiger partial charge is 0.255 e. The molecule has 2 fully saturated rings. The Hall–Kier alpha value is -3.69. The summed E-state index contributed by atoms with van der Waals surface area (Å²) in [6.45, 7) is 9.50. The SMILES string of the molecule is C=C1CCC(N2Cc3c(OCc4ccc(C(=O)NCCCN5CCOCC5)cc4)cccc3C2=O)C(=O)N1. The number of benzene rings is 2. The summed E-state index contributed by atoms with van der Waals surface area (Å²) in [4.78, 5) is 42.0. The topological polar surface area (TPSA) is 100 Å². The van der Waals surface area contributed by atoms with Gasteiger partial charge >= 0.3 is 0 Å². The number of piperidine rings is 1. The maximum Gasteiger partial charge on any atom is 0.255 e. The summed E-state index contributed by atoms with van der Waals surface area (Å²) >= 11 is 0. The number of amides is 3. The normalized spacial score (nSPS) is 19.7. The first kappa shape index (κ1) is 25.9. The largest absolute Gasteiger partial charge is 0.489 e. The number of carbonyl (C=O) groups is 3. The summed E-state index contributed by atoms with van der Waals surface area (Å²) < 4.78 is 11.5. The summed E-state index contributed by atoms with van der Waals surface area (Å²) in [6.07, 6.45) is 2.12. The van der Waals surface area contributed by atoms with E-state index in [2.05, 4.69) is 22.1 Å². The average molecular weight is 519 g/mol. The summed E-state index contributed by atoms with van der Waals surface area (Å²) in [7, 11) is 0. The Morgan fingerprint density at radius 1 is 1.13 bits per heavy atom. The molecule has 2 aromatic rings. The third kappa shape index (κ3) is 5.89.